The molecule has 0 unspecified atom stereocenters. The molecule has 4 aromatic rings. The predicted octanol–water partition coefficient (Wildman–Crippen LogP) is 1.91. The van der Waals surface area contributed by atoms with Crippen molar-refractivity contribution in [3.63, 3.8) is 0 Å². The van der Waals surface area contributed by atoms with Crippen LogP contribution in [0.4, 0.5) is 0 Å². The number of nitrogens with zero attached hydrogens (tertiary/aromatic N) is 3. The summed E-state index contributed by atoms with van der Waals surface area (Å²) < 4.78 is 35.1. The minimum absolute atomic E-state index is 0.0168. The maximum atomic E-state index is 11.5. The van der Waals surface area contributed by atoms with E-state index in [1.165, 1.54) is 22.9 Å². The van der Waals surface area contributed by atoms with Crippen LogP contribution in [0.3, 0.4) is 0 Å². The zero-order chi connectivity index (χ0) is 20.6. The first-order valence-electron chi connectivity index (χ1n) is 8.51. The third-order valence-electron chi connectivity index (χ3n) is 4.28. The molecule has 2 aromatic carbocycles. The lowest BCUT2D eigenvalue weighted by molar-refractivity contribution is 0.301. The first kappa shape index (κ1) is 18.8. The molecule has 0 fully saturated rings. The van der Waals surface area contributed by atoms with Crippen LogP contribution in [-0.4, -0.2) is 23.4 Å². The van der Waals surface area contributed by atoms with Crippen LogP contribution in [0.2, 0.25) is 0 Å². The standard InChI is InChI=1S/C19H16N4O5S/c1-12-8-19(24)28-18-9-15(4-7-17(12)18)27-11-13-10-23(22-21-13)14-2-5-16(6-3-14)29(20,25)26/h2-10H,11H2,1H3,(H2,20,25,26). The Morgan fingerprint density at radius 3 is 2.62 bits per heavy atom. The maximum absolute atomic E-state index is 11.5. The molecular formula is C19H16N4O5S. The van der Waals surface area contributed by atoms with Crippen LogP contribution in [0.25, 0.3) is 16.7 Å². The SMILES string of the molecule is Cc1cc(=O)oc2cc(OCc3cn(-c4ccc(S(N)(=O)=O)cc4)nn3)ccc12. The Labute approximate surface area is 165 Å². The number of aryl methyl sites for hydroxylation is 1. The Hall–Kier alpha value is -3.50. The molecule has 148 valence electrons. The minimum atomic E-state index is -3.75. The van der Waals surface area contributed by atoms with Crippen LogP contribution in [0.5, 0.6) is 5.75 Å². The number of sulfonamides is 1. The van der Waals surface area contributed by atoms with E-state index in [0.717, 1.165) is 10.9 Å². The van der Waals surface area contributed by atoms with Gasteiger partial charge in [0.05, 0.1) is 16.8 Å². The Kier molecular flexibility index (Phi) is 4.65. The normalized spacial score (nSPS) is 11.7. The second-order valence-electron chi connectivity index (χ2n) is 6.39. The number of benzene rings is 2. The smallest absolute Gasteiger partial charge is 0.336 e. The first-order valence-corrected chi connectivity index (χ1v) is 10.1. The average molecular weight is 412 g/mol. The highest BCUT2D eigenvalue weighted by Gasteiger charge is 2.09. The van der Waals surface area contributed by atoms with E-state index in [1.54, 1.807) is 30.5 Å². The van der Waals surface area contributed by atoms with Crippen LogP contribution >= 0.6 is 0 Å². The number of rotatable bonds is 5. The summed E-state index contributed by atoms with van der Waals surface area (Å²) >= 11 is 0. The predicted molar refractivity (Wildman–Crippen MR) is 104 cm³/mol. The molecule has 10 heteroatoms. The van der Waals surface area contributed by atoms with Crippen molar-refractivity contribution in [1.82, 2.24) is 15.0 Å². The molecule has 0 radical (unpaired) electrons. The molecule has 4 rings (SSSR count). The molecule has 0 atom stereocenters. The third kappa shape index (κ3) is 4.03. The zero-order valence-corrected chi connectivity index (χ0v) is 16.1. The van der Waals surface area contributed by atoms with E-state index in [0.29, 0.717) is 22.7 Å². The summed E-state index contributed by atoms with van der Waals surface area (Å²) in [6.07, 6.45) is 1.66. The average Bonchev–Trinajstić information content (AvgIpc) is 3.14. The van der Waals surface area contributed by atoms with E-state index in [4.69, 9.17) is 14.3 Å². The Balaban J connectivity index is 1.50. The summed E-state index contributed by atoms with van der Waals surface area (Å²) in [6.45, 7) is 1.99. The molecule has 0 aliphatic heterocycles. The van der Waals surface area contributed by atoms with Crippen molar-refractivity contribution in [2.75, 3.05) is 0 Å². The highest BCUT2D eigenvalue weighted by atomic mass is 32.2. The molecule has 0 saturated carbocycles. The fourth-order valence-corrected chi connectivity index (χ4v) is 3.35. The Morgan fingerprint density at radius 2 is 1.90 bits per heavy atom. The van der Waals surface area contributed by atoms with Crippen LogP contribution < -0.4 is 15.5 Å². The van der Waals surface area contributed by atoms with Crippen molar-refractivity contribution >= 4 is 21.0 Å². The highest BCUT2D eigenvalue weighted by molar-refractivity contribution is 7.89. The molecule has 0 aliphatic carbocycles. The van der Waals surface area contributed by atoms with Gasteiger partial charge in [0.1, 0.15) is 23.6 Å². The summed E-state index contributed by atoms with van der Waals surface area (Å²) in [5.74, 6) is 0.526. The molecular weight excluding hydrogens is 396 g/mol. The number of ether oxygens (including phenoxy) is 1. The van der Waals surface area contributed by atoms with Crippen LogP contribution in [0.15, 0.2) is 68.8 Å². The number of aromatic nitrogens is 3. The molecule has 0 saturated heterocycles. The fraction of sp³-hybridized carbons (Fsp3) is 0.105. The lowest BCUT2D eigenvalue weighted by atomic mass is 10.1. The third-order valence-corrected chi connectivity index (χ3v) is 5.21. The van der Waals surface area contributed by atoms with Crippen LogP contribution in [0.1, 0.15) is 11.3 Å². The summed E-state index contributed by atoms with van der Waals surface area (Å²) in [4.78, 5) is 11.6. The van der Waals surface area contributed by atoms with Gasteiger partial charge >= 0.3 is 5.63 Å². The minimum Gasteiger partial charge on any atom is -0.487 e. The van der Waals surface area contributed by atoms with Crippen molar-refractivity contribution in [1.29, 1.82) is 0 Å². The number of hydrogen-bond acceptors (Lipinski definition) is 7. The van der Waals surface area contributed by atoms with Crippen molar-refractivity contribution in [3.05, 3.63) is 76.4 Å². The van der Waals surface area contributed by atoms with Gasteiger partial charge in [-0.2, -0.15) is 0 Å². The summed E-state index contributed by atoms with van der Waals surface area (Å²) in [5, 5.41) is 14.0. The van der Waals surface area contributed by atoms with Crippen molar-refractivity contribution < 1.29 is 17.6 Å². The van der Waals surface area contributed by atoms with E-state index < -0.39 is 15.6 Å². The van der Waals surface area contributed by atoms with Gasteiger partial charge in [0.2, 0.25) is 10.0 Å². The molecule has 9 nitrogen and oxygen atoms in total. The summed E-state index contributed by atoms with van der Waals surface area (Å²) in [5.41, 5.74) is 2.05. The van der Waals surface area contributed by atoms with Gasteiger partial charge in [-0.15, -0.1) is 5.10 Å². The number of fused-ring (bicyclic) bond motifs is 1. The van der Waals surface area contributed by atoms with E-state index in [-0.39, 0.29) is 11.5 Å². The van der Waals surface area contributed by atoms with Crippen molar-refractivity contribution in [2.24, 2.45) is 5.14 Å². The Bertz CT molecular complexity index is 1360. The lowest BCUT2D eigenvalue weighted by Gasteiger charge is -2.06. The van der Waals surface area contributed by atoms with Gasteiger partial charge in [-0.25, -0.2) is 23.0 Å². The highest BCUT2D eigenvalue weighted by Crippen LogP contribution is 2.23. The topological polar surface area (TPSA) is 130 Å². The number of nitrogens with two attached hydrogens (primary N) is 1. The van der Waals surface area contributed by atoms with Gasteiger partial charge in [0.15, 0.2) is 0 Å². The van der Waals surface area contributed by atoms with Gasteiger partial charge in [0.25, 0.3) is 0 Å². The largest absolute Gasteiger partial charge is 0.487 e. The number of primary sulfonamides is 1. The molecule has 2 N–H and O–H groups in total. The molecule has 0 aliphatic rings. The monoisotopic (exact) mass is 412 g/mol. The van der Waals surface area contributed by atoms with Crippen molar-refractivity contribution in [2.45, 2.75) is 18.4 Å². The summed E-state index contributed by atoms with van der Waals surface area (Å²) in [7, 11) is -3.75. The Morgan fingerprint density at radius 1 is 1.14 bits per heavy atom. The van der Waals surface area contributed by atoms with Gasteiger partial charge < -0.3 is 9.15 Å². The van der Waals surface area contributed by atoms with Gasteiger partial charge in [-0.05, 0) is 48.9 Å². The quantitative estimate of drug-likeness (QED) is 0.495. The molecule has 2 heterocycles. The van der Waals surface area contributed by atoms with Gasteiger partial charge in [-0.1, -0.05) is 5.21 Å². The van der Waals surface area contributed by atoms with Crippen LogP contribution in [-0.2, 0) is 16.6 Å². The molecule has 2 aromatic heterocycles. The van der Waals surface area contributed by atoms with E-state index in [9.17, 15) is 13.2 Å². The molecule has 0 spiro atoms. The van der Waals surface area contributed by atoms with E-state index in [1.807, 2.05) is 13.0 Å². The number of hydrogen-bond donors (Lipinski definition) is 1. The fourth-order valence-electron chi connectivity index (χ4n) is 2.83. The molecule has 29 heavy (non-hydrogen) atoms. The molecule has 0 bridgehead atoms. The second kappa shape index (κ2) is 7.15. The van der Waals surface area contributed by atoms with Crippen molar-refractivity contribution in [3.8, 4) is 11.4 Å². The zero-order valence-electron chi connectivity index (χ0n) is 15.3. The summed E-state index contributed by atoms with van der Waals surface area (Å²) in [6, 6.07) is 12.6. The van der Waals surface area contributed by atoms with E-state index >= 15 is 0 Å². The molecule has 0 amide bonds. The lowest BCUT2D eigenvalue weighted by Crippen LogP contribution is -2.12. The van der Waals surface area contributed by atoms with E-state index in [2.05, 4.69) is 10.3 Å². The second-order valence-corrected chi connectivity index (χ2v) is 7.95. The van der Waals surface area contributed by atoms with Gasteiger partial charge in [-0.3, -0.25) is 0 Å². The van der Waals surface area contributed by atoms with Crippen LogP contribution in [0, 0.1) is 6.92 Å². The first-order chi connectivity index (χ1) is 13.8. The maximum Gasteiger partial charge on any atom is 0.336 e. The van der Waals surface area contributed by atoms with Gasteiger partial charge in [0, 0.05) is 17.5 Å².